The van der Waals surface area contributed by atoms with Gasteiger partial charge in [-0.2, -0.15) is 4.98 Å². The first-order valence-electron chi connectivity index (χ1n) is 9.57. The molecule has 0 spiro atoms. The third-order valence-corrected chi connectivity index (χ3v) is 5.64. The van der Waals surface area contributed by atoms with Gasteiger partial charge in [-0.25, -0.2) is 4.98 Å². The van der Waals surface area contributed by atoms with E-state index in [1.54, 1.807) is 7.11 Å². The predicted molar refractivity (Wildman–Crippen MR) is 100 cm³/mol. The lowest BCUT2D eigenvalue weighted by molar-refractivity contribution is 0.0950. The second kappa shape index (κ2) is 6.78. The van der Waals surface area contributed by atoms with Crippen molar-refractivity contribution in [1.82, 2.24) is 25.4 Å². The van der Waals surface area contributed by atoms with Gasteiger partial charge in [-0.3, -0.25) is 4.79 Å². The number of hydrogen-bond donors (Lipinski definition) is 2. The number of aromatic nitrogens is 4. The van der Waals surface area contributed by atoms with Gasteiger partial charge < -0.3 is 19.6 Å². The SMILES string of the molecule is COc1ccccc1[C@@H]1CNC(=O)c2nc(-c3noc(C4CCC4)n3)[nH]c2C1. The lowest BCUT2D eigenvalue weighted by Gasteiger charge is -2.20. The van der Waals surface area contributed by atoms with Crippen LogP contribution in [0.5, 0.6) is 5.75 Å². The minimum atomic E-state index is -0.197. The number of amides is 1. The largest absolute Gasteiger partial charge is 0.496 e. The van der Waals surface area contributed by atoms with Gasteiger partial charge in [0.1, 0.15) is 11.4 Å². The average Bonchev–Trinajstić information content (AvgIpc) is 3.28. The Morgan fingerprint density at radius 2 is 2.04 bits per heavy atom. The molecule has 1 saturated carbocycles. The molecule has 144 valence electrons. The highest BCUT2D eigenvalue weighted by Crippen LogP contribution is 2.36. The van der Waals surface area contributed by atoms with Crippen molar-refractivity contribution in [3.63, 3.8) is 0 Å². The highest BCUT2D eigenvalue weighted by atomic mass is 16.5. The Labute approximate surface area is 161 Å². The van der Waals surface area contributed by atoms with Crippen molar-refractivity contribution in [3.05, 3.63) is 47.1 Å². The monoisotopic (exact) mass is 379 g/mol. The van der Waals surface area contributed by atoms with Crippen molar-refractivity contribution in [1.29, 1.82) is 0 Å². The quantitative estimate of drug-likeness (QED) is 0.722. The van der Waals surface area contributed by atoms with E-state index in [4.69, 9.17) is 9.26 Å². The summed E-state index contributed by atoms with van der Waals surface area (Å²) in [5, 5.41) is 7.02. The number of aromatic amines is 1. The van der Waals surface area contributed by atoms with Crippen molar-refractivity contribution in [2.75, 3.05) is 13.7 Å². The standard InChI is InChI=1S/C20H21N5O3/c1-27-15-8-3-2-7-13(15)12-9-14-16(19(26)21-10-12)23-17(22-14)18-24-20(28-25-18)11-5-4-6-11/h2-3,7-8,11-12H,4-6,9-10H2,1H3,(H,21,26)(H,22,23)/t12-/m0/s1. The second-order valence-corrected chi connectivity index (χ2v) is 7.35. The summed E-state index contributed by atoms with van der Waals surface area (Å²) >= 11 is 0. The number of nitrogens with zero attached hydrogens (tertiary/aromatic N) is 3. The molecule has 5 rings (SSSR count). The van der Waals surface area contributed by atoms with Gasteiger partial charge in [0.15, 0.2) is 5.82 Å². The zero-order valence-corrected chi connectivity index (χ0v) is 15.6. The Morgan fingerprint density at radius 3 is 2.82 bits per heavy atom. The molecule has 0 bridgehead atoms. The molecule has 3 aromatic rings. The maximum absolute atomic E-state index is 12.6. The van der Waals surface area contributed by atoms with E-state index in [0.29, 0.717) is 42.1 Å². The highest BCUT2D eigenvalue weighted by Gasteiger charge is 2.30. The van der Waals surface area contributed by atoms with Crippen molar-refractivity contribution in [2.24, 2.45) is 0 Å². The fourth-order valence-corrected chi connectivity index (χ4v) is 3.84. The van der Waals surface area contributed by atoms with Crippen molar-refractivity contribution >= 4 is 5.91 Å². The minimum Gasteiger partial charge on any atom is -0.496 e. The number of carbonyl (C=O) groups excluding carboxylic acids is 1. The Kier molecular flexibility index (Phi) is 4.11. The molecule has 8 heteroatoms. The van der Waals surface area contributed by atoms with Crippen LogP contribution in [-0.2, 0) is 6.42 Å². The number of para-hydroxylation sites is 1. The summed E-state index contributed by atoms with van der Waals surface area (Å²) < 4.78 is 10.9. The van der Waals surface area contributed by atoms with Crippen LogP contribution in [0, 0.1) is 0 Å². The van der Waals surface area contributed by atoms with Gasteiger partial charge in [-0.1, -0.05) is 29.8 Å². The van der Waals surface area contributed by atoms with E-state index in [9.17, 15) is 4.79 Å². The zero-order valence-electron chi connectivity index (χ0n) is 15.6. The first-order chi connectivity index (χ1) is 13.7. The first kappa shape index (κ1) is 17.0. The molecule has 28 heavy (non-hydrogen) atoms. The summed E-state index contributed by atoms with van der Waals surface area (Å²) in [5.41, 5.74) is 2.22. The summed E-state index contributed by atoms with van der Waals surface area (Å²) in [6.07, 6.45) is 4.00. The van der Waals surface area contributed by atoms with Crippen LogP contribution in [0.1, 0.15) is 58.7 Å². The molecule has 1 aliphatic carbocycles. The smallest absolute Gasteiger partial charge is 0.271 e. The van der Waals surface area contributed by atoms with Gasteiger partial charge in [0, 0.05) is 24.1 Å². The predicted octanol–water partition coefficient (Wildman–Crippen LogP) is 2.81. The molecule has 8 nitrogen and oxygen atoms in total. The highest BCUT2D eigenvalue weighted by molar-refractivity contribution is 5.94. The van der Waals surface area contributed by atoms with Crippen LogP contribution >= 0.6 is 0 Å². The van der Waals surface area contributed by atoms with E-state index < -0.39 is 0 Å². The Balaban J connectivity index is 1.46. The van der Waals surface area contributed by atoms with E-state index in [-0.39, 0.29) is 11.8 Å². The Morgan fingerprint density at radius 1 is 1.18 bits per heavy atom. The Bertz CT molecular complexity index is 1020. The summed E-state index contributed by atoms with van der Waals surface area (Å²) in [7, 11) is 1.66. The molecule has 1 aromatic carbocycles. The van der Waals surface area contributed by atoms with Crippen LogP contribution in [0.15, 0.2) is 28.8 Å². The van der Waals surface area contributed by atoms with Crippen LogP contribution in [0.25, 0.3) is 11.6 Å². The molecule has 3 heterocycles. The maximum atomic E-state index is 12.6. The molecule has 1 atom stereocenters. The molecule has 2 aliphatic rings. The van der Waals surface area contributed by atoms with Gasteiger partial charge in [-0.05, 0) is 30.9 Å². The van der Waals surface area contributed by atoms with E-state index >= 15 is 0 Å². The van der Waals surface area contributed by atoms with Crippen molar-refractivity contribution in [2.45, 2.75) is 37.5 Å². The number of carbonyl (C=O) groups is 1. The number of nitrogens with one attached hydrogen (secondary N) is 2. The van der Waals surface area contributed by atoms with Crippen LogP contribution in [0.4, 0.5) is 0 Å². The first-order valence-corrected chi connectivity index (χ1v) is 9.57. The molecule has 0 saturated heterocycles. The Hall–Kier alpha value is -3.16. The fraction of sp³-hybridized carbons (Fsp3) is 0.400. The maximum Gasteiger partial charge on any atom is 0.271 e. The van der Waals surface area contributed by atoms with E-state index in [1.807, 2.05) is 24.3 Å². The normalized spacial score (nSPS) is 19.5. The van der Waals surface area contributed by atoms with Gasteiger partial charge >= 0.3 is 0 Å². The summed E-state index contributed by atoms with van der Waals surface area (Å²) in [4.78, 5) is 24.8. The number of benzene rings is 1. The van der Waals surface area contributed by atoms with Gasteiger partial charge in [0.2, 0.25) is 11.7 Å². The number of H-pyrrole nitrogens is 1. The molecule has 2 N–H and O–H groups in total. The molecule has 1 fully saturated rings. The minimum absolute atomic E-state index is 0.0745. The second-order valence-electron chi connectivity index (χ2n) is 7.35. The third kappa shape index (κ3) is 2.85. The van der Waals surface area contributed by atoms with Gasteiger partial charge in [-0.15, -0.1) is 0 Å². The number of imidazole rings is 1. The number of fused-ring (bicyclic) bond motifs is 1. The zero-order chi connectivity index (χ0) is 19.1. The summed E-state index contributed by atoms with van der Waals surface area (Å²) in [6, 6.07) is 7.88. The number of methoxy groups -OCH3 is 1. The van der Waals surface area contributed by atoms with Crippen LogP contribution in [-0.4, -0.2) is 39.7 Å². The van der Waals surface area contributed by atoms with Crippen LogP contribution < -0.4 is 10.1 Å². The van der Waals surface area contributed by atoms with Crippen LogP contribution in [0.2, 0.25) is 0 Å². The number of ether oxygens (including phenoxy) is 1. The lowest BCUT2D eigenvalue weighted by atomic mass is 9.85. The number of rotatable bonds is 4. The lowest BCUT2D eigenvalue weighted by Crippen LogP contribution is -2.26. The molecule has 0 unspecified atom stereocenters. The van der Waals surface area contributed by atoms with E-state index in [0.717, 1.165) is 29.8 Å². The average molecular weight is 379 g/mol. The summed E-state index contributed by atoms with van der Waals surface area (Å²) in [5.74, 6) is 2.57. The molecule has 1 aliphatic heterocycles. The summed E-state index contributed by atoms with van der Waals surface area (Å²) in [6.45, 7) is 0.521. The molecule has 0 radical (unpaired) electrons. The molecular weight excluding hydrogens is 358 g/mol. The molecule has 1 amide bonds. The van der Waals surface area contributed by atoms with Crippen LogP contribution in [0.3, 0.4) is 0 Å². The van der Waals surface area contributed by atoms with E-state index in [1.165, 1.54) is 6.42 Å². The van der Waals surface area contributed by atoms with Gasteiger partial charge in [0.05, 0.1) is 7.11 Å². The fourth-order valence-electron chi connectivity index (χ4n) is 3.84. The van der Waals surface area contributed by atoms with E-state index in [2.05, 4.69) is 25.4 Å². The number of hydrogen-bond acceptors (Lipinski definition) is 6. The third-order valence-electron chi connectivity index (χ3n) is 5.64. The van der Waals surface area contributed by atoms with Crippen molar-refractivity contribution < 1.29 is 14.1 Å². The topological polar surface area (TPSA) is 106 Å². The van der Waals surface area contributed by atoms with Crippen molar-refractivity contribution in [3.8, 4) is 17.4 Å². The molecular formula is C20H21N5O3. The molecule has 2 aromatic heterocycles. The van der Waals surface area contributed by atoms with Gasteiger partial charge in [0.25, 0.3) is 5.91 Å².